The number of carbonyl (C=O) groups is 1. The van der Waals surface area contributed by atoms with Gasteiger partial charge in [-0.1, -0.05) is 23.7 Å². The van der Waals surface area contributed by atoms with Crippen LogP contribution in [0.4, 0.5) is 10.5 Å². The van der Waals surface area contributed by atoms with E-state index in [4.69, 9.17) is 30.5 Å². The number of nitrogens with one attached hydrogen (secondary N) is 2. The molecule has 0 saturated carbocycles. The van der Waals surface area contributed by atoms with Gasteiger partial charge >= 0.3 is 6.03 Å². The molecular formula is C18H21ClN2O5. The molecule has 140 valence electrons. The van der Waals surface area contributed by atoms with Crippen molar-refractivity contribution in [2.75, 3.05) is 32.9 Å². The highest BCUT2D eigenvalue weighted by Gasteiger charge is 2.12. The summed E-state index contributed by atoms with van der Waals surface area (Å²) in [6.45, 7) is 2.37. The Kier molecular flexibility index (Phi) is 7.23. The maximum absolute atomic E-state index is 12.1. The van der Waals surface area contributed by atoms with E-state index in [2.05, 4.69) is 10.6 Å². The van der Waals surface area contributed by atoms with Crippen molar-refractivity contribution in [1.29, 1.82) is 0 Å². The third-order valence-electron chi connectivity index (χ3n) is 3.33. The summed E-state index contributed by atoms with van der Waals surface area (Å²) in [5, 5.41) is 5.64. The molecule has 26 heavy (non-hydrogen) atoms. The van der Waals surface area contributed by atoms with Crippen LogP contribution in [0, 0.1) is 0 Å². The van der Waals surface area contributed by atoms with Gasteiger partial charge in [-0.25, -0.2) is 4.79 Å². The fourth-order valence-electron chi connectivity index (χ4n) is 2.15. The minimum atomic E-state index is -0.471. The van der Waals surface area contributed by atoms with E-state index >= 15 is 0 Å². The Balaban J connectivity index is 1.95. The lowest BCUT2D eigenvalue weighted by Crippen LogP contribution is -2.32. The molecule has 0 aromatic heterocycles. The third-order valence-corrected chi connectivity index (χ3v) is 3.63. The quantitative estimate of drug-likeness (QED) is 0.679. The molecule has 0 saturated heterocycles. The molecule has 0 unspecified atom stereocenters. The molecule has 7 nitrogen and oxygen atoms in total. The summed E-state index contributed by atoms with van der Waals surface area (Å²) in [7, 11) is 2.97. The van der Waals surface area contributed by atoms with E-state index in [0.717, 1.165) is 0 Å². The number of halogens is 1. The van der Waals surface area contributed by atoms with Crippen molar-refractivity contribution in [1.82, 2.24) is 5.32 Å². The molecule has 0 fully saturated rings. The zero-order chi connectivity index (χ0) is 18.9. The molecule has 2 amide bonds. The zero-order valence-corrected chi connectivity index (χ0v) is 15.6. The number of hydrogen-bond donors (Lipinski definition) is 2. The monoisotopic (exact) mass is 380 g/mol. The molecule has 2 aromatic rings. The van der Waals surface area contributed by atoms with Gasteiger partial charge in [-0.05, 0) is 19.1 Å². The van der Waals surface area contributed by atoms with Gasteiger partial charge < -0.3 is 29.6 Å². The van der Waals surface area contributed by atoms with Crippen molar-refractivity contribution in [3.63, 3.8) is 0 Å². The highest BCUT2D eigenvalue weighted by molar-refractivity contribution is 6.32. The molecule has 0 radical (unpaired) electrons. The minimum Gasteiger partial charge on any atom is -0.495 e. The summed E-state index contributed by atoms with van der Waals surface area (Å²) in [5.41, 5.74) is 0.418. The highest BCUT2D eigenvalue weighted by atomic mass is 35.5. The molecule has 0 aliphatic carbocycles. The highest BCUT2D eigenvalue weighted by Crippen LogP contribution is 2.35. The Hall–Kier alpha value is -2.80. The molecule has 0 bridgehead atoms. The van der Waals surface area contributed by atoms with E-state index < -0.39 is 6.03 Å². The molecule has 0 spiro atoms. The second-order valence-corrected chi connectivity index (χ2v) is 5.39. The smallest absolute Gasteiger partial charge is 0.321 e. The van der Waals surface area contributed by atoms with Gasteiger partial charge in [-0.3, -0.25) is 0 Å². The molecule has 2 aromatic carbocycles. The van der Waals surface area contributed by atoms with Crippen LogP contribution in [0.2, 0.25) is 5.02 Å². The summed E-state index contributed by atoms with van der Waals surface area (Å²) in [6, 6.07) is 9.89. The van der Waals surface area contributed by atoms with E-state index in [1.807, 2.05) is 19.1 Å². The third kappa shape index (κ3) is 5.10. The zero-order valence-electron chi connectivity index (χ0n) is 14.8. The van der Waals surface area contributed by atoms with Crippen LogP contribution in [-0.2, 0) is 0 Å². The van der Waals surface area contributed by atoms with Crippen LogP contribution < -0.4 is 29.6 Å². The predicted octanol–water partition coefficient (Wildman–Crippen LogP) is 3.91. The summed E-state index contributed by atoms with van der Waals surface area (Å²) in [4.78, 5) is 12.1. The first-order chi connectivity index (χ1) is 12.6. The van der Waals surface area contributed by atoms with Gasteiger partial charge in [-0.15, -0.1) is 0 Å². The van der Waals surface area contributed by atoms with Gasteiger partial charge in [0.05, 0.1) is 31.5 Å². The Morgan fingerprint density at radius 2 is 1.65 bits per heavy atom. The Bertz CT molecular complexity index is 754. The number of para-hydroxylation sites is 2. The Morgan fingerprint density at radius 3 is 2.27 bits per heavy atom. The van der Waals surface area contributed by atoms with E-state index in [1.54, 1.807) is 24.3 Å². The second-order valence-electron chi connectivity index (χ2n) is 4.99. The number of anilines is 1. The summed E-state index contributed by atoms with van der Waals surface area (Å²) < 4.78 is 21.4. The lowest BCUT2D eigenvalue weighted by Gasteiger charge is -2.15. The van der Waals surface area contributed by atoms with Crippen LogP contribution in [0.15, 0.2) is 36.4 Å². The lowest BCUT2D eigenvalue weighted by molar-refractivity contribution is 0.229. The first kappa shape index (κ1) is 19.5. The van der Waals surface area contributed by atoms with Crippen LogP contribution >= 0.6 is 11.6 Å². The molecule has 2 rings (SSSR count). The number of urea groups is 1. The number of hydrogen-bond acceptors (Lipinski definition) is 5. The van der Waals surface area contributed by atoms with Crippen LogP contribution in [0.25, 0.3) is 0 Å². The van der Waals surface area contributed by atoms with Gasteiger partial charge in [0.15, 0.2) is 18.2 Å². The average molecular weight is 381 g/mol. The summed E-state index contributed by atoms with van der Waals surface area (Å²) in [6.07, 6.45) is 0. The van der Waals surface area contributed by atoms with Crippen LogP contribution in [-0.4, -0.2) is 33.6 Å². The number of amides is 2. The molecular weight excluding hydrogens is 360 g/mol. The molecule has 2 N–H and O–H groups in total. The van der Waals surface area contributed by atoms with Crippen LogP contribution in [0.5, 0.6) is 23.0 Å². The second kappa shape index (κ2) is 9.62. The fraction of sp³-hybridized carbons (Fsp3) is 0.278. The Labute approximate surface area is 157 Å². The standard InChI is InChI=1S/C18H21ClN2O5/c1-4-25-14-7-5-6-8-15(14)26-11-20-18(22)21-13-10-16(23-2)12(19)9-17(13)24-3/h5-10H,4,11H2,1-3H3,(H2,20,21,22). The first-order valence-corrected chi connectivity index (χ1v) is 8.27. The number of ether oxygens (including phenoxy) is 4. The molecule has 8 heteroatoms. The Morgan fingerprint density at radius 1 is 1.00 bits per heavy atom. The van der Waals surface area contributed by atoms with Crippen molar-refractivity contribution in [3.8, 4) is 23.0 Å². The van der Waals surface area contributed by atoms with Crippen LogP contribution in [0.3, 0.4) is 0 Å². The van der Waals surface area contributed by atoms with Gasteiger partial charge in [0, 0.05) is 12.1 Å². The van der Waals surface area contributed by atoms with Crippen molar-refractivity contribution in [3.05, 3.63) is 41.4 Å². The summed E-state index contributed by atoms with van der Waals surface area (Å²) >= 11 is 6.04. The molecule has 0 heterocycles. The molecule has 0 atom stereocenters. The number of carbonyl (C=O) groups excluding carboxylic acids is 1. The van der Waals surface area contributed by atoms with E-state index in [1.165, 1.54) is 14.2 Å². The van der Waals surface area contributed by atoms with Gasteiger partial charge in [0.2, 0.25) is 0 Å². The maximum Gasteiger partial charge on any atom is 0.321 e. The average Bonchev–Trinajstić information content (AvgIpc) is 2.64. The number of benzene rings is 2. The number of methoxy groups -OCH3 is 2. The van der Waals surface area contributed by atoms with Crippen molar-refractivity contribution < 1.29 is 23.7 Å². The molecule has 0 aliphatic heterocycles. The minimum absolute atomic E-state index is 0.0387. The van der Waals surface area contributed by atoms with Crippen molar-refractivity contribution >= 4 is 23.3 Å². The van der Waals surface area contributed by atoms with E-state index in [9.17, 15) is 4.79 Å². The lowest BCUT2D eigenvalue weighted by atomic mass is 10.2. The normalized spacial score (nSPS) is 10.0. The maximum atomic E-state index is 12.1. The van der Waals surface area contributed by atoms with Crippen molar-refractivity contribution in [2.45, 2.75) is 6.92 Å². The van der Waals surface area contributed by atoms with E-state index in [0.29, 0.717) is 40.3 Å². The van der Waals surface area contributed by atoms with Gasteiger partial charge in [0.25, 0.3) is 0 Å². The SMILES string of the molecule is CCOc1ccccc1OCNC(=O)Nc1cc(OC)c(Cl)cc1OC. The van der Waals surface area contributed by atoms with Gasteiger partial charge in [0.1, 0.15) is 11.5 Å². The topological polar surface area (TPSA) is 78.1 Å². The van der Waals surface area contributed by atoms with Crippen LogP contribution in [0.1, 0.15) is 6.92 Å². The largest absolute Gasteiger partial charge is 0.495 e. The first-order valence-electron chi connectivity index (χ1n) is 7.90. The van der Waals surface area contributed by atoms with Gasteiger partial charge in [-0.2, -0.15) is 0 Å². The van der Waals surface area contributed by atoms with E-state index in [-0.39, 0.29) is 6.73 Å². The fourth-order valence-corrected chi connectivity index (χ4v) is 2.38. The summed E-state index contributed by atoms with van der Waals surface area (Å²) in [5.74, 6) is 1.99. The van der Waals surface area contributed by atoms with Crippen molar-refractivity contribution in [2.24, 2.45) is 0 Å². The predicted molar refractivity (Wildman–Crippen MR) is 99.8 cm³/mol. The number of rotatable bonds is 8. The molecule has 0 aliphatic rings.